The molecule has 0 saturated carbocycles. The highest BCUT2D eigenvalue weighted by Crippen LogP contribution is 2.30. The van der Waals surface area contributed by atoms with Crippen molar-refractivity contribution in [3.63, 3.8) is 0 Å². The van der Waals surface area contributed by atoms with Crippen LogP contribution >= 0.6 is 0 Å². The Bertz CT molecular complexity index is 895. The van der Waals surface area contributed by atoms with E-state index in [1.165, 1.54) is 0 Å². The molecule has 3 aromatic rings. The highest BCUT2D eigenvalue weighted by molar-refractivity contribution is 5.81. The zero-order valence-electron chi connectivity index (χ0n) is 14.2. The van der Waals surface area contributed by atoms with Crippen molar-refractivity contribution in [2.45, 2.75) is 32.7 Å². The van der Waals surface area contributed by atoms with Gasteiger partial charge in [-0.15, -0.1) is 10.2 Å². The minimum Gasteiger partial charge on any atom is -0.423 e. The molecule has 130 valence electrons. The number of anilines is 1. The number of aliphatic hydroxyl groups excluding tert-OH is 1. The summed E-state index contributed by atoms with van der Waals surface area (Å²) < 4.78 is 11.5. The summed E-state index contributed by atoms with van der Waals surface area (Å²) in [4.78, 5) is 6.90. The van der Waals surface area contributed by atoms with Gasteiger partial charge in [-0.1, -0.05) is 18.2 Å². The van der Waals surface area contributed by atoms with Gasteiger partial charge in [-0.2, -0.15) is 0 Å². The van der Waals surface area contributed by atoms with Crippen molar-refractivity contribution in [1.82, 2.24) is 15.2 Å². The number of rotatable bonds is 3. The van der Waals surface area contributed by atoms with Crippen LogP contribution in [0.4, 0.5) is 5.82 Å². The van der Waals surface area contributed by atoms with Crippen molar-refractivity contribution >= 4 is 16.7 Å². The molecule has 1 N–H and O–H groups in total. The van der Waals surface area contributed by atoms with E-state index in [0.29, 0.717) is 24.9 Å². The SMILES string of the molecule is Cc1nnc([C@H]2CN(c3nc4ccccc4cc3CO)C[C@@H](C)O2)o1. The third-order valence-corrected chi connectivity index (χ3v) is 4.33. The Balaban J connectivity index is 1.71. The Morgan fingerprint density at radius 1 is 1.24 bits per heavy atom. The van der Waals surface area contributed by atoms with Gasteiger partial charge in [0.25, 0.3) is 0 Å². The first-order valence-electron chi connectivity index (χ1n) is 8.34. The normalized spacial score (nSPS) is 21.0. The van der Waals surface area contributed by atoms with Crippen LogP contribution in [0.25, 0.3) is 10.9 Å². The van der Waals surface area contributed by atoms with Crippen LogP contribution in [-0.2, 0) is 11.3 Å². The molecule has 1 aromatic carbocycles. The third kappa shape index (κ3) is 3.08. The molecule has 25 heavy (non-hydrogen) atoms. The summed E-state index contributed by atoms with van der Waals surface area (Å²) in [6, 6.07) is 9.89. The number of aromatic nitrogens is 3. The number of para-hydroxylation sites is 1. The highest BCUT2D eigenvalue weighted by Gasteiger charge is 2.31. The van der Waals surface area contributed by atoms with Crippen LogP contribution in [-0.4, -0.2) is 39.5 Å². The maximum Gasteiger partial charge on any atom is 0.247 e. The molecule has 0 amide bonds. The molecule has 2 aromatic heterocycles. The second kappa shape index (κ2) is 6.42. The van der Waals surface area contributed by atoms with Crippen LogP contribution in [0.5, 0.6) is 0 Å². The fraction of sp³-hybridized carbons (Fsp3) is 0.389. The fourth-order valence-electron chi connectivity index (χ4n) is 3.24. The first-order valence-corrected chi connectivity index (χ1v) is 8.34. The number of hydrogen-bond acceptors (Lipinski definition) is 7. The largest absolute Gasteiger partial charge is 0.423 e. The second-order valence-electron chi connectivity index (χ2n) is 6.32. The van der Waals surface area contributed by atoms with Crippen LogP contribution in [0.2, 0.25) is 0 Å². The Morgan fingerprint density at radius 2 is 2.08 bits per heavy atom. The lowest BCUT2D eigenvalue weighted by molar-refractivity contribution is -0.0314. The predicted molar refractivity (Wildman–Crippen MR) is 92.2 cm³/mol. The number of fused-ring (bicyclic) bond motifs is 1. The van der Waals surface area contributed by atoms with Crippen molar-refractivity contribution in [2.75, 3.05) is 18.0 Å². The molecule has 3 heterocycles. The van der Waals surface area contributed by atoms with Crippen LogP contribution in [0, 0.1) is 6.92 Å². The zero-order valence-corrected chi connectivity index (χ0v) is 14.2. The van der Waals surface area contributed by atoms with E-state index in [1.54, 1.807) is 6.92 Å². The minimum absolute atomic E-state index is 0.0224. The van der Waals surface area contributed by atoms with E-state index in [-0.39, 0.29) is 18.8 Å². The van der Waals surface area contributed by atoms with Gasteiger partial charge in [0.2, 0.25) is 11.8 Å². The summed E-state index contributed by atoms with van der Waals surface area (Å²) >= 11 is 0. The van der Waals surface area contributed by atoms with Crippen LogP contribution < -0.4 is 4.90 Å². The quantitative estimate of drug-likeness (QED) is 0.783. The zero-order chi connectivity index (χ0) is 17.4. The Labute approximate surface area is 145 Å². The lowest BCUT2D eigenvalue weighted by Gasteiger charge is -2.36. The Morgan fingerprint density at radius 3 is 2.84 bits per heavy atom. The average Bonchev–Trinajstić information content (AvgIpc) is 3.06. The molecule has 0 spiro atoms. The van der Waals surface area contributed by atoms with E-state index >= 15 is 0 Å². The molecule has 0 radical (unpaired) electrons. The van der Waals surface area contributed by atoms with E-state index in [9.17, 15) is 5.11 Å². The molecule has 1 aliphatic rings. The number of morpholine rings is 1. The van der Waals surface area contributed by atoms with E-state index in [1.807, 2.05) is 37.3 Å². The highest BCUT2D eigenvalue weighted by atomic mass is 16.5. The van der Waals surface area contributed by atoms with Crippen molar-refractivity contribution in [3.05, 3.63) is 47.7 Å². The standard InChI is InChI=1S/C18H20N4O3/c1-11-8-22(9-16(24-11)18-21-20-12(2)25-18)17-14(10-23)7-13-5-3-4-6-15(13)19-17/h3-7,11,16,23H,8-10H2,1-2H3/t11-,16-/m1/s1. The molecule has 7 nitrogen and oxygen atoms in total. The Hall–Kier alpha value is -2.51. The lowest BCUT2D eigenvalue weighted by atomic mass is 10.1. The first kappa shape index (κ1) is 16.0. The maximum absolute atomic E-state index is 9.82. The molecule has 7 heteroatoms. The van der Waals surface area contributed by atoms with Gasteiger partial charge < -0.3 is 19.2 Å². The monoisotopic (exact) mass is 340 g/mol. The predicted octanol–water partition coefficient (Wildman–Crippen LogP) is 2.38. The molecule has 0 aliphatic carbocycles. The fourth-order valence-corrected chi connectivity index (χ4v) is 3.24. The summed E-state index contributed by atoms with van der Waals surface area (Å²) in [5.74, 6) is 1.77. The average molecular weight is 340 g/mol. The first-order chi connectivity index (χ1) is 12.1. The van der Waals surface area contributed by atoms with Gasteiger partial charge in [-0.25, -0.2) is 4.98 Å². The number of hydrogen-bond donors (Lipinski definition) is 1. The molecule has 4 rings (SSSR count). The van der Waals surface area contributed by atoms with Gasteiger partial charge in [0.15, 0.2) is 6.10 Å². The van der Waals surface area contributed by atoms with Crippen molar-refractivity contribution in [1.29, 1.82) is 0 Å². The lowest BCUT2D eigenvalue weighted by Crippen LogP contribution is -2.43. The molecule has 0 unspecified atom stereocenters. The molecule has 1 fully saturated rings. The van der Waals surface area contributed by atoms with E-state index in [0.717, 1.165) is 22.3 Å². The number of pyridine rings is 1. The molecule has 1 aliphatic heterocycles. The summed E-state index contributed by atoms with van der Waals surface area (Å²) in [6.45, 7) is 4.92. The maximum atomic E-state index is 9.82. The number of benzene rings is 1. The molecular weight excluding hydrogens is 320 g/mol. The summed E-state index contributed by atoms with van der Waals surface area (Å²) in [7, 11) is 0. The van der Waals surface area contributed by atoms with Gasteiger partial charge in [-0.3, -0.25) is 0 Å². The van der Waals surface area contributed by atoms with Gasteiger partial charge in [0.1, 0.15) is 5.82 Å². The number of aliphatic hydroxyl groups is 1. The van der Waals surface area contributed by atoms with Gasteiger partial charge in [0, 0.05) is 24.4 Å². The van der Waals surface area contributed by atoms with Gasteiger partial charge in [0.05, 0.1) is 24.8 Å². The van der Waals surface area contributed by atoms with Crippen LogP contribution in [0.1, 0.15) is 30.4 Å². The van der Waals surface area contributed by atoms with Gasteiger partial charge >= 0.3 is 0 Å². The number of ether oxygens (including phenoxy) is 1. The number of aryl methyl sites for hydroxylation is 1. The van der Waals surface area contributed by atoms with Crippen molar-refractivity contribution in [2.24, 2.45) is 0 Å². The van der Waals surface area contributed by atoms with Crippen molar-refractivity contribution < 1.29 is 14.3 Å². The smallest absolute Gasteiger partial charge is 0.247 e. The molecule has 2 atom stereocenters. The molecule has 0 bridgehead atoms. The third-order valence-electron chi connectivity index (χ3n) is 4.33. The summed E-state index contributed by atoms with van der Waals surface area (Å²) in [5, 5.41) is 18.8. The van der Waals surface area contributed by atoms with Crippen LogP contribution in [0.15, 0.2) is 34.7 Å². The second-order valence-corrected chi connectivity index (χ2v) is 6.32. The molecular formula is C18H20N4O3. The van der Waals surface area contributed by atoms with E-state index < -0.39 is 0 Å². The van der Waals surface area contributed by atoms with Crippen molar-refractivity contribution in [3.8, 4) is 0 Å². The topological polar surface area (TPSA) is 84.5 Å². The Kier molecular flexibility index (Phi) is 4.10. The summed E-state index contributed by atoms with van der Waals surface area (Å²) in [5.41, 5.74) is 1.70. The minimum atomic E-state index is -0.315. The molecule has 1 saturated heterocycles. The van der Waals surface area contributed by atoms with Gasteiger partial charge in [-0.05, 0) is 19.1 Å². The van der Waals surface area contributed by atoms with E-state index in [2.05, 4.69) is 15.1 Å². The van der Waals surface area contributed by atoms with E-state index in [4.69, 9.17) is 14.1 Å². The van der Waals surface area contributed by atoms with Crippen LogP contribution in [0.3, 0.4) is 0 Å². The summed E-state index contributed by atoms with van der Waals surface area (Å²) in [6.07, 6.45) is -0.337. The number of nitrogens with zero attached hydrogens (tertiary/aromatic N) is 4.